The molecule has 9 nitrogen and oxygen atoms in total. The van der Waals surface area contributed by atoms with E-state index in [2.05, 4.69) is 35.0 Å². The maximum Gasteiger partial charge on any atom is 0.274 e. The third kappa shape index (κ3) is 3.63. The molecule has 0 spiro atoms. The molecule has 0 saturated heterocycles. The van der Waals surface area contributed by atoms with Gasteiger partial charge in [0.1, 0.15) is 11.2 Å². The number of H-pyrrole nitrogens is 1. The molecule has 9 heteroatoms. The van der Waals surface area contributed by atoms with Crippen LogP contribution in [0, 0.1) is 0 Å². The van der Waals surface area contributed by atoms with Gasteiger partial charge < -0.3 is 9.88 Å². The van der Waals surface area contributed by atoms with Crippen molar-refractivity contribution in [2.24, 2.45) is 7.05 Å². The van der Waals surface area contributed by atoms with Gasteiger partial charge in [-0.15, -0.1) is 5.10 Å². The van der Waals surface area contributed by atoms with Crippen LogP contribution < -0.4 is 9.88 Å². The Kier molecular flexibility index (Phi) is 4.46. The van der Waals surface area contributed by atoms with Gasteiger partial charge in [-0.1, -0.05) is 6.07 Å². The molecule has 33 heavy (non-hydrogen) atoms. The average Bonchev–Trinajstić information content (AvgIpc) is 3.46. The number of amides is 1. The molecule has 5 aromatic rings. The lowest BCUT2D eigenvalue weighted by Gasteiger charge is -2.08. The van der Waals surface area contributed by atoms with Crippen molar-refractivity contribution in [3.05, 3.63) is 73.2 Å². The van der Waals surface area contributed by atoms with Crippen LogP contribution in [-0.4, -0.2) is 35.6 Å². The second-order valence-electron chi connectivity index (χ2n) is 8.23. The van der Waals surface area contributed by atoms with Crippen LogP contribution >= 0.6 is 0 Å². The van der Waals surface area contributed by atoms with Crippen molar-refractivity contribution in [1.82, 2.24) is 29.7 Å². The van der Waals surface area contributed by atoms with Crippen LogP contribution in [0.15, 0.2) is 67.5 Å². The summed E-state index contributed by atoms with van der Waals surface area (Å²) in [7, 11) is 1.91. The minimum Gasteiger partial charge on any atom is -0.321 e. The Balaban J connectivity index is 1.25. The van der Waals surface area contributed by atoms with Crippen LogP contribution in [0.4, 0.5) is 5.69 Å². The number of fused-ring (bicyclic) bond motifs is 1. The summed E-state index contributed by atoms with van der Waals surface area (Å²) in [6.07, 6.45) is 9.30. The van der Waals surface area contributed by atoms with Gasteiger partial charge in [-0.25, -0.2) is 14.5 Å². The lowest BCUT2D eigenvalue weighted by molar-refractivity contribution is -0.689. The van der Waals surface area contributed by atoms with E-state index in [0.717, 1.165) is 33.7 Å². The number of carbonyl (C=O) groups is 1. The summed E-state index contributed by atoms with van der Waals surface area (Å²) < 4.78 is 4.02. The summed E-state index contributed by atoms with van der Waals surface area (Å²) in [6.45, 7) is 0. The number of hydrogen-bond donors (Lipinski definition) is 2. The zero-order chi connectivity index (χ0) is 22.4. The van der Waals surface area contributed by atoms with Crippen molar-refractivity contribution >= 4 is 22.8 Å². The Morgan fingerprint density at radius 2 is 2.00 bits per heavy atom. The van der Waals surface area contributed by atoms with Gasteiger partial charge >= 0.3 is 0 Å². The Bertz CT molecular complexity index is 1500. The van der Waals surface area contributed by atoms with Gasteiger partial charge in [0.2, 0.25) is 0 Å². The zero-order valence-electron chi connectivity index (χ0n) is 17.9. The third-order valence-electron chi connectivity index (χ3n) is 5.82. The van der Waals surface area contributed by atoms with Crippen LogP contribution in [0.25, 0.3) is 33.7 Å². The largest absolute Gasteiger partial charge is 0.321 e. The lowest BCUT2D eigenvalue weighted by atomic mass is 10.1. The number of anilines is 1. The normalized spacial score (nSPS) is 13.4. The van der Waals surface area contributed by atoms with Crippen LogP contribution in [0.1, 0.15) is 29.4 Å². The number of nitrogens with zero attached hydrogens (tertiary/aromatic N) is 6. The molecule has 6 rings (SSSR count). The quantitative estimate of drug-likeness (QED) is 0.411. The van der Waals surface area contributed by atoms with Crippen LogP contribution in [-0.2, 0) is 7.05 Å². The summed E-state index contributed by atoms with van der Waals surface area (Å²) in [4.78, 5) is 26.1. The fraction of sp³-hybridized carbons (Fsp3) is 0.167. The highest BCUT2D eigenvalue weighted by Crippen LogP contribution is 2.31. The third-order valence-corrected chi connectivity index (χ3v) is 5.82. The van der Waals surface area contributed by atoms with Crippen LogP contribution in [0.2, 0.25) is 0 Å². The SMILES string of the molecule is Cn1cnc2cc(-c3ccnc(C(=O)Nc4cccc(-c5[nH]nc[n+]5C5CC5)c4)c3)cnc21. The van der Waals surface area contributed by atoms with Crippen molar-refractivity contribution < 1.29 is 9.36 Å². The summed E-state index contributed by atoms with van der Waals surface area (Å²) in [5.74, 6) is 0.659. The van der Waals surface area contributed by atoms with Gasteiger partial charge in [-0.05, 0) is 54.8 Å². The highest BCUT2D eigenvalue weighted by atomic mass is 16.1. The number of rotatable bonds is 5. The molecular formula is C24H21N8O+. The number of aromatic amines is 1. The van der Waals surface area contributed by atoms with Gasteiger partial charge in [-0.2, -0.15) is 0 Å². The number of pyridine rings is 2. The monoisotopic (exact) mass is 437 g/mol. The highest BCUT2D eigenvalue weighted by Gasteiger charge is 2.31. The highest BCUT2D eigenvalue weighted by molar-refractivity contribution is 6.03. The molecule has 0 aliphatic heterocycles. The first-order valence-corrected chi connectivity index (χ1v) is 10.8. The number of aryl methyl sites for hydroxylation is 1. The number of hydrogen-bond acceptors (Lipinski definition) is 5. The summed E-state index contributed by atoms with van der Waals surface area (Å²) in [6, 6.07) is 13.8. The summed E-state index contributed by atoms with van der Waals surface area (Å²) in [5.41, 5.74) is 5.33. The predicted molar refractivity (Wildman–Crippen MR) is 122 cm³/mol. The van der Waals surface area contributed by atoms with Gasteiger partial charge in [-0.3, -0.25) is 9.78 Å². The predicted octanol–water partition coefficient (Wildman–Crippen LogP) is 3.30. The standard InChI is InChI=1S/C24H20N8O/c1-31-13-27-20-11-17(12-26-23(20)31)15-7-8-25-21(10-15)24(33)29-18-4-2-3-16(9-18)22-30-28-14-32(22)19-5-6-19/h2-4,7-14,19H,5-6H2,1H3,(H,29,33)/p+1. The molecule has 4 aromatic heterocycles. The van der Waals surface area contributed by atoms with E-state index in [1.165, 1.54) is 12.8 Å². The molecule has 1 amide bonds. The van der Waals surface area contributed by atoms with Crippen LogP contribution in [0.5, 0.6) is 0 Å². The first kappa shape index (κ1) is 19.3. The summed E-state index contributed by atoms with van der Waals surface area (Å²) >= 11 is 0. The Labute approximate surface area is 189 Å². The van der Waals surface area contributed by atoms with Gasteiger partial charge in [0.15, 0.2) is 5.65 Å². The minimum absolute atomic E-state index is 0.277. The van der Waals surface area contributed by atoms with E-state index >= 15 is 0 Å². The Morgan fingerprint density at radius 3 is 2.88 bits per heavy atom. The zero-order valence-corrected chi connectivity index (χ0v) is 17.9. The maximum absolute atomic E-state index is 13.0. The molecule has 0 radical (unpaired) electrons. The second-order valence-corrected chi connectivity index (χ2v) is 8.23. The lowest BCUT2D eigenvalue weighted by Crippen LogP contribution is -2.32. The number of aromatic nitrogens is 7. The van der Waals surface area contributed by atoms with E-state index < -0.39 is 0 Å². The van der Waals surface area contributed by atoms with E-state index in [4.69, 9.17) is 0 Å². The Hall–Kier alpha value is -4.40. The molecular weight excluding hydrogens is 416 g/mol. The van der Waals surface area contributed by atoms with E-state index in [9.17, 15) is 4.79 Å². The molecule has 162 valence electrons. The molecule has 1 aliphatic rings. The summed E-state index contributed by atoms with van der Waals surface area (Å²) in [5, 5.41) is 10.2. The van der Waals surface area contributed by atoms with E-state index in [-0.39, 0.29) is 5.91 Å². The molecule has 1 fully saturated rings. The Morgan fingerprint density at radius 1 is 1.09 bits per heavy atom. The second kappa shape index (κ2) is 7.63. The van der Waals surface area contributed by atoms with Crippen molar-refractivity contribution in [3.63, 3.8) is 0 Å². The molecule has 0 bridgehead atoms. The van der Waals surface area contributed by atoms with E-state index in [0.29, 0.717) is 17.4 Å². The topological polar surface area (TPSA) is 105 Å². The number of benzene rings is 1. The average molecular weight is 437 g/mol. The molecule has 1 aliphatic carbocycles. The molecule has 1 aromatic carbocycles. The van der Waals surface area contributed by atoms with E-state index in [1.54, 1.807) is 24.8 Å². The van der Waals surface area contributed by atoms with Crippen molar-refractivity contribution in [1.29, 1.82) is 0 Å². The van der Waals surface area contributed by atoms with Crippen LogP contribution in [0.3, 0.4) is 0 Å². The number of carbonyl (C=O) groups excluding carboxylic acids is 1. The van der Waals surface area contributed by atoms with E-state index in [1.807, 2.05) is 54.3 Å². The van der Waals surface area contributed by atoms with Crippen molar-refractivity contribution in [2.75, 3.05) is 5.32 Å². The smallest absolute Gasteiger partial charge is 0.274 e. The first-order valence-electron chi connectivity index (χ1n) is 10.8. The fourth-order valence-electron chi connectivity index (χ4n) is 3.96. The number of nitrogens with one attached hydrogen (secondary N) is 2. The first-order chi connectivity index (χ1) is 16.2. The molecule has 0 atom stereocenters. The molecule has 4 heterocycles. The maximum atomic E-state index is 13.0. The van der Waals surface area contributed by atoms with Gasteiger partial charge in [0.25, 0.3) is 18.1 Å². The van der Waals surface area contributed by atoms with Gasteiger partial charge in [0, 0.05) is 35.8 Å². The number of imidazole rings is 1. The van der Waals surface area contributed by atoms with Crippen molar-refractivity contribution in [2.45, 2.75) is 18.9 Å². The molecule has 2 N–H and O–H groups in total. The van der Waals surface area contributed by atoms with Crippen molar-refractivity contribution in [3.8, 4) is 22.5 Å². The minimum atomic E-state index is -0.277. The van der Waals surface area contributed by atoms with Gasteiger partial charge in [0.05, 0.1) is 17.9 Å². The molecule has 0 unspecified atom stereocenters. The fourth-order valence-corrected chi connectivity index (χ4v) is 3.96. The molecule has 1 saturated carbocycles.